The fourth-order valence-corrected chi connectivity index (χ4v) is 2.11. The summed E-state index contributed by atoms with van der Waals surface area (Å²) in [5.74, 6) is 0. The average Bonchev–Trinajstić information content (AvgIpc) is 2.50. The predicted molar refractivity (Wildman–Crippen MR) is 61.0 cm³/mol. The van der Waals surface area contributed by atoms with Crippen molar-refractivity contribution >= 4 is 11.6 Å². The number of nitrogens with one attached hydrogen (secondary N) is 1. The second-order valence-corrected chi connectivity index (χ2v) is 4.09. The number of aromatic nitrogens is 3. The molecule has 1 aromatic heterocycles. The molecule has 1 heterocycles. The first-order chi connectivity index (χ1) is 7.09. The highest BCUT2D eigenvalue weighted by molar-refractivity contribution is 6.31. The Morgan fingerprint density at radius 3 is 2.13 bits per heavy atom. The second-order valence-electron chi connectivity index (χ2n) is 3.74. The van der Waals surface area contributed by atoms with Gasteiger partial charge >= 0.3 is 0 Å². The van der Waals surface area contributed by atoms with E-state index in [1.165, 1.54) is 16.7 Å². The molecule has 0 aliphatic rings. The summed E-state index contributed by atoms with van der Waals surface area (Å²) in [6.45, 7) is 6.19. The van der Waals surface area contributed by atoms with Gasteiger partial charge in [-0.1, -0.05) is 29.3 Å². The van der Waals surface area contributed by atoms with Crippen molar-refractivity contribution in [2.24, 2.45) is 0 Å². The molecule has 15 heavy (non-hydrogen) atoms. The molecule has 0 spiro atoms. The standard InChI is InChI=1S/C11H12ClN3/c1-6-4-7(2)9(8(3)5-6)10-11(12)14-15-13-10/h4-5H,1-3H3,(H,13,14,15). The SMILES string of the molecule is Cc1cc(C)c(-c2n[nH]nc2Cl)c(C)c1. The summed E-state index contributed by atoms with van der Waals surface area (Å²) in [4.78, 5) is 0. The molecule has 1 N–H and O–H groups in total. The summed E-state index contributed by atoms with van der Waals surface area (Å²) in [5.41, 5.74) is 5.38. The number of hydrogen-bond donors (Lipinski definition) is 1. The van der Waals surface area contributed by atoms with Gasteiger partial charge in [-0.2, -0.15) is 10.3 Å². The van der Waals surface area contributed by atoms with Crippen LogP contribution in [0, 0.1) is 20.8 Å². The minimum atomic E-state index is 0.421. The minimum absolute atomic E-state index is 0.421. The highest BCUT2D eigenvalue weighted by Gasteiger charge is 2.13. The van der Waals surface area contributed by atoms with Gasteiger partial charge in [0.15, 0.2) is 5.15 Å². The molecule has 0 saturated heterocycles. The van der Waals surface area contributed by atoms with Gasteiger partial charge in [0, 0.05) is 5.56 Å². The largest absolute Gasteiger partial charge is 0.196 e. The Labute approximate surface area is 93.5 Å². The molecule has 78 valence electrons. The normalized spacial score (nSPS) is 10.7. The van der Waals surface area contributed by atoms with E-state index in [4.69, 9.17) is 11.6 Å². The summed E-state index contributed by atoms with van der Waals surface area (Å²) in [6, 6.07) is 4.24. The Kier molecular flexibility index (Phi) is 2.49. The zero-order valence-electron chi connectivity index (χ0n) is 8.93. The number of rotatable bonds is 1. The van der Waals surface area contributed by atoms with E-state index >= 15 is 0 Å². The Morgan fingerprint density at radius 1 is 1.07 bits per heavy atom. The summed E-state index contributed by atoms with van der Waals surface area (Å²) in [5, 5.41) is 10.9. The maximum absolute atomic E-state index is 5.95. The second kappa shape index (κ2) is 3.66. The topological polar surface area (TPSA) is 41.6 Å². The maximum Gasteiger partial charge on any atom is 0.179 e. The maximum atomic E-state index is 5.95. The Morgan fingerprint density at radius 2 is 1.67 bits per heavy atom. The molecule has 2 aromatic rings. The third-order valence-electron chi connectivity index (χ3n) is 2.42. The van der Waals surface area contributed by atoms with Gasteiger partial charge in [0.2, 0.25) is 0 Å². The minimum Gasteiger partial charge on any atom is -0.196 e. The van der Waals surface area contributed by atoms with E-state index in [1.807, 2.05) is 0 Å². The van der Waals surface area contributed by atoms with Crippen molar-refractivity contribution in [1.29, 1.82) is 0 Å². The monoisotopic (exact) mass is 221 g/mol. The fourth-order valence-electron chi connectivity index (χ4n) is 1.93. The van der Waals surface area contributed by atoms with Crippen LogP contribution in [-0.4, -0.2) is 15.4 Å². The van der Waals surface area contributed by atoms with Crippen LogP contribution in [0.15, 0.2) is 12.1 Å². The van der Waals surface area contributed by atoms with Gasteiger partial charge in [-0.05, 0) is 31.9 Å². The van der Waals surface area contributed by atoms with E-state index in [0.717, 1.165) is 11.3 Å². The van der Waals surface area contributed by atoms with E-state index < -0.39 is 0 Å². The Bertz CT molecular complexity index is 479. The average molecular weight is 222 g/mol. The van der Waals surface area contributed by atoms with Crippen LogP contribution in [0.1, 0.15) is 16.7 Å². The lowest BCUT2D eigenvalue weighted by molar-refractivity contribution is 0.941. The zero-order valence-corrected chi connectivity index (χ0v) is 9.68. The van der Waals surface area contributed by atoms with E-state index in [-0.39, 0.29) is 0 Å². The molecule has 0 aliphatic carbocycles. The van der Waals surface area contributed by atoms with Crippen LogP contribution in [0.4, 0.5) is 0 Å². The molecule has 0 aliphatic heterocycles. The first-order valence-corrected chi connectivity index (χ1v) is 5.12. The highest BCUT2D eigenvalue weighted by atomic mass is 35.5. The molecular weight excluding hydrogens is 210 g/mol. The Hall–Kier alpha value is -1.35. The van der Waals surface area contributed by atoms with Crippen LogP contribution in [0.3, 0.4) is 0 Å². The number of hydrogen-bond acceptors (Lipinski definition) is 2. The highest BCUT2D eigenvalue weighted by Crippen LogP contribution is 2.30. The summed E-state index contributed by atoms with van der Waals surface area (Å²) in [6.07, 6.45) is 0. The molecule has 1 aromatic carbocycles. The van der Waals surface area contributed by atoms with E-state index in [2.05, 4.69) is 48.3 Å². The van der Waals surface area contributed by atoms with Crippen LogP contribution < -0.4 is 0 Å². The molecular formula is C11H12ClN3. The third kappa shape index (κ3) is 1.75. The first kappa shape index (κ1) is 10.2. The quantitative estimate of drug-likeness (QED) is 0.804. The van der Waals surface area contributed by atoms with E-state index in [9.17, 15) is 0 Å². The molecule has 0 fully saturated rings. The van der Waals surface area contributed by atoms with E-state index in [1.54, 1.807) is 0 Å². The van der Waals surface area contributed by atoms with Crippen molar-refractivity contribution in [3.63, 3.8) is 0 Å². The van der Waals surface area contributed by atoms with Crippen LogP contribution in [0.2, 0.25) is 5.15 Å². The molecule has 0 unspecified atom stereocenters. The molecule has 0 amide bonds. The number of benzene rings is 1. The molecule has 0 bridgehead atoms. The molecule has 0 saturated carbocycles. The Balaban J connectivity index is 2.68. The smallest absolute Gasteiger partial charge is 0.179 e. The third-order valence-corrected chi connectivity index (χ3v) is 2.68. The van der Waals surface area contributed by atoms with Gasteiger partial charge in [-0.25, -0.2) is 0 Å². The number of aromatic amines is 1. The van der Waals surface area contributed by atoms with Crippen molar-refractivity contribution in [2.75, 3.05) is 0 Å². The van der Waals surface area contributed by atoms with Crippen molar-refractivity contribution in [3.05, 3.63) is 34.0 Å². The molecule has 4 heteroatoms. The van der Waals surface area contributed by atoms with Gasteiger partial charge in [-0.15, -0.1) is 5.10 Å². The lowest BCUT2D eigenvalue weighted by Crippen LogP contribution is -1.90. The van der Waals surface area contributed by atoms with Gasteiger partial charge in [0.1, 0.15) is 5.69 Å². The first-order valence-electron chi connectivity index (χ1n) is 4.74. The summed E-state index contributed by atoms with van der Waals surface area (Å²) < 4.78 is 0. The summed E-state index contributed by atoms with van der Waals surface area (Å²) in [7, 11) is 0. The number of nitrogens with zero attached hydrogens (tertiary/aromatic N) is 2. The van der Waals surface area contributed by atoms with Gasteiger partial charge in [0.25, 0.3) is 0 Å². The van der Waals surface area contributed by atoms with Crippen LogP contribution in [-0.2, 0) is 0 Å². The van der Waals surface area contributed by atoms with Gasteiger partial charge < -0.3 is 0 Å². The van der Waals surface area contributed by atoms with E-state index in [0.29, 0.717) is 5.15 Å². The predicted octanol–water partition coefficient (Wildman–Crippen LogP) is 3.05. The van der Waals surface area contributed by atoms with Crippen LogP contribution in [0.25, 0.3) is 11.3 Å². The number of aryl methyl sites for hydroxylation is 3. The molecule has 2 rings (SSSR count). The van der Waals surface area contributed by atoms with Crippen molar-refractivity contribution in [1.82, 2.24) is 15.4 Å². The number of H-pyrrole nitrogens is 1. The molecule has 3 nitrogen and oxygen atoms in total. The summed E-state index contributed by atoms with van der Waals surface area (Å²) >= 11 is 5.95. The van der Waals surface area contributed by atoms with Crippen LogP contribution >= 0.6 is 11.6 Å². The molecule has 0 radical (unpaired) electrons. The molecule has 0 atom stereocenters. The van der Waals surface area contributed by atoms with Crippen molar-refractivity contribution in [3.8, 4) is 11.3 Å². The van der Waals surface area contributed by atoms with Crippen molar-refractivity contribution < 1.29 is 0 Å². The number of halogens is 1. The van der Waals surface area contributed by atoms with Crippen molar-refractivity contribution in [2.45, 2.75) is 20.8 Å². The van der Waals surface area contributed by atoms with Crippen LogP contribution in [0.5, 0.6) is 0 Å². The lowest BCUT2D eigenvalue weighted by Gasteiger charge is -2.08. The van der Waals surface area contributed by atoms with Gasteiger partial charge in [-0.3, -0.25) is 0 Å². The fraction of sp³-hybridized carbons (Fsp3) is 0.273. The lowest BCUT2D eigenvalue weighted by atomic mass is 9.98. The zero-order chi connectivity index (χ0) is 11.0. The van der Waals surface area contributed by atoms with Gasteiger partial charge in [0.05, 0.1) is 0 Å².